The van der Waals surface area contributed by atoms with Gasteiger partial charge in [-0.1, -0.05) is 18.2 Å². The van der Waals surface area contributed by atoms with Gasteiger partial charge in [-0.15, -0.1) is 0 Å². The molecule has 0 saturated heterocycles. The third kappa shape index (κ3) is 4.04. The molecular formula is C19H24N2O3. The summed E-state index contributed by atoms with van der Waals surface area (Å²) < 4.78 is 5.08. The van der Waals surface area contributed by atoms with Gasteiger partial charge in [-0.05, 0) is 51.3 Å². The summed E-state index contributed by atoms with van der Waals surface area (Å²) in [5.41, 5.74) is 4.97. The highest BCUT2D eigenvalue weighted by Crippen LogP contribution is 2.21. The number of anilines is 1. The predicted molar refractivity (Wildman–Crippen MR) is 94.4 cm³/mol. The smallest absolute Gasteiger partial charge is 0.340 e. The zero-order valence-electron chi connectivity index (χ0n) is 14.7. The van der Waals surface area contributed by atoms with Crippen LogP contribution in [0.2, 0.25) is 0 Å². The van der Waals surface area contributed by atoms with Gasteiger partial charge in [0.25, 0.3) is 0 Å². The van der Waals surface area contributed by atoms with Crippen LogP contribution in [0.3, 0.4) is 0 Å². The summed E-state index contributed by atoms with van der Waals surface area (Å²) in [5, 5.41) is 2.92. The van der Waals surface area contributed by atoms with Crippen LogP contribution < -0.4 is 5.32 Å². The molecule has 0 aliphatic rings. The topological polar surface area (TPSA) is 71.2 Å². The van der Waals surface area contributed by atoms with E-state index in [2.05, 4.69) is 10.3 Å². The maximum atomic E-state index is 12.2. The SMILES string of the molecule is CCOC(=O)c1c(C)[nH]c(CCC(=O)Nc2ccccc2C)c1C. The van der Waals surface area contributed by atoms with Crippen LogP contribution in [0.1, 0.15) is 46.2 Å². The molecule has 1 heterocycles. The first-order valence-corrected chi connectivity index (χ1v) is 8.14. The van der Waals surface area contributed by atoms with Crippen LogP contribution in [0.4, 0.5) is 5.69 Å². The Labute approximate surface area is 142 Å². The van der Waals surface area contributed by atoms with Crippen LogP contribution in [0.25, 0.3) is 0 Å². The Morgan fingerprint density at radius 1 is 1.17 bits per heavy atom. The highest BCUT2D eigenvalue weighted by Gasteiger charge is 2.19. The number of esters is 1. The van der Waals surface area contributed by atoms with Crippen LogP contribution in [-0.4, -0.2) is 23.5 Å². The Balaban J connectivity index is 2.02. The van der Waals surface area contributed by atoms with Gasteiger partial charge in [0.2, 0.25) is 5.91 Å². The summed E-state index contributed by atoms with van der Waals surface area (Å²) in [4.78, 5) is 27.4. The molecule has 128 valence electrons. The van der Waals surface area contributed by atoms with Gasteiger partial charge < -0.3 is 15.0 Å². The molecule has 0 unspecified atom stereocenters. The Hall–Kier alpha value is -2.56. The Morgan fingerprint density at radius 3 is 2.54 bits per heavy atom. The first-order valence-electron chi connectivity index (χ1n) is 8.14. The summed E-state index contributed by atoms with van der Waals surface area (Å²) in [7, 11) is 0. The predicted octanol–water partition coefficient (Wildman–Crippen LogP) is 3.69. The van der Waals surface area contributed by atoms with E-state index in [-0.39, 0.29) is 11.9 Å². The number of hydrogen-bond donors (Lipinski definition) is 2. The fourth-order valence-electron chi connectivity index (χ4n) is 2.74. The van der Waals surface area contributed by atoms with E-state index in [1.54, 1.807) is 6.92 Å². The maximum absolute atomic E-state index is 12.2. The molecular weight excluding hydrogens is 304 g/mol. The third-order valence-electron chi connectivity index (χ3n) is 4.04. The summed E-state index contributed by atoms with van der Waals surface area (Å²) >= 11 is 0. The van der Waals surface area contributed by atoms with Gasteiger partial charge in [0, 0.05) is 23.5 Å². The number of carbonyl (C=O) groups excluding carboxylic acids is 2. The number of carbonyl (C=O) groups is 2. The number of amides is 1. The lowest BCUT2D eigenvalue weighted by molar-refractivity contribution is -0.116. The molecule has 1 aromatic heterocycles. The van der Waals surface area contributed by atoms with Crippen molar-refractivity contribution in [3.05, 3.63) is 52.3 Å². The van der Waals surface area contributed by atoms with Crippen LogP contribution >= 0.6 is 0 Å². The molecule has 1 amide bonds. The number of rotatable bonds is 6. The molecule has 0 aliphatic carbocycles. The van der Waals surface area contributed by atoms with Gasteiger partial charge in [0.15, 0.2) is 0 Å². The number of para-hydroxylation sites is 1. The third-order valence-corrected chi connectivity index (χ3v) is 4.04. The highest BCUT2D eigenvalue weighted by molar-refractivity contribution is 5.93. The van der Waals surface area contributed by atoms with E-state index in [1.807, 2.05) is 45.0 Å². The number of aromatic amines is 1. The highest BCUT2D eigenvalue weighted by atomic mass is 16.5. The molecule has 2 N–H and O–H groups in total. The number of hydrogen-bond acceptors (Lipinski definition) is 3. The molecule has 0 saturated carbocycles. The first-order chi connectivity index (χ1) is 11.4. The van der Waals surface area contributed by atoms with Crippen molar-refractivity contribution in [2.45, 2.75) is 40.5 Å². The molecule has 2 rings (SSSR count). The van der Waals surface area contributed by atoms with E-state index in [9.17, 15) is 9.59 Å². The van der Waals surface area contributed by atoms with E-state index in [1.165, 1.54) is 0 Å². The van der Waals surface area contributed by atoms with Crippen molar-refractivity contribution < 1.29 is 14.3 Å². The minimum Gasteiger partial charge on any atom is -0.462 e. The number of ether oxygens (including phenoxy) is 1. The molecule has 0 radical (unpaired) electrons. The molecule has 5 nitrogen and oxygen atoms in total. The van der Waals surface area contributed by atoms with Crippen LogP contribution in [-0.2, 0) is 16.0 Å². The monoisotopic (exact) mass is 328 g/mol. The lowest BCUT2D eigenvalue weighted by Crippen LogP contribution is -2.13. The minimum absolute atomic E-state index is 0.0476. The van der Waals surface area contributed by atoms with E-state index in [0.717, 1.165) is 28.2 Å². The van der Waals surface area contributed by atoms with E-state index in [4.69, 9.17) is 4.74 Å². The second-order valence-corrected chi connectivity index (χ2v) is 5.81. The average molecular weight is 328 g/mol. The quantitative estimate of drug-likeness (QED) is 0.795. The van der Waals surface area contributed by atoms with Gasteiger partial charge in [0.05, 0.1) is 12.2 Å². The maximum Gasteiger partial charge on any atom is 0.340 e. The average Bonchev–Trinajstić information content (AvgIpc) is 2.82. The summed E-state index contributed by atoms with van der Waals surface area (Å²) in [5.74, 6) is -0.368. The molecule has 0 fully saturated rings. The fraction of sp³-hybridized carbons (Fsp3) is 0.368. The van der Waals surface area contributed by atoms with Gasteiger partial charge in [-0.25, -0.2) is 4.79 Å². The normalized spacial score (nSPS) is 10.5. The Kier molecular flexibility index (Phi) is 5.79. The molecule has 2 aromatic rings. The fourth-order valence-corrected chi connectivity index (χ4v) is 2.74. The van der Waals surface area contributed by atoms with Crippen molar-refractivity contribution in [1.29, 1.82) is 0 Å². The molecule has 1 aromatic carbocycles. The van der Waals surface area contributed by atoms with Crippen LogP contribution in [0, 0.1) is 20.8 Å². The van der Waals surface area contributed by atoms with Gasteiger partial charge in [0.1, 0.15) is 0 Å². The zero-order chi connectivity index (χ0) is 17.7. The van der Waals surface area contributed by atoms with E-state index >= 15 is 0 Å². The molecule has 24 heavy (non-hydrogen) atoms. The van der Waals surface area contributed by atoms with Crippen LogP contribution in [0.15, 0.2) is 24.3 Å². The molecule has 0 aliphatic heterocycles. The summed E-state index contributed by atoms with van der Waals surface area (Å²) in [6.45, 7) is 7.81. The number of aryl methyl sites for hydroxylation is 3. The second kappa shape index (κ2) is 7.81. The number of aromatic nitrogens is 1. The number of benzene rings is 1. The van der Waals surface area contributed by atoms with Crippen molar-refractivity contribution >= 4 is 17.6 Å². The number of nitrogens with one attached hydrogen (secondary N) is 2. The van der Waals surface area contributed by atoms with E-state index < -0.39 is 0 Å². The summed E-state index contributed by atoms with van der Waals surface area (Å²) in [6, 6.07) is 7.68. The molecule has 5 heteroatoms. The van der Waals surface area contributed by atoms with E-state index in [0.29, 0.717) is 25.0 Å². The van der Waals surface area contributed by atoms with Crippen LogP contribution in [0.5, 0.6) is 0 Å². The molecule has 0 bridgehead atoms. The second-order valence-electron chi connectivity index (χ2n) is 5.81. The standard InChI is InChI=1S/C19H24N2O3/c1-5-24-19(23)18-13(3)16(20-14(18)4)10-11-17(22)21-15-9-7-6-8-12(15)2/h6-9,20H,5,10-11H2,1-4H3,(H,21,22). The minimum atomic E-state index is -0.320. The molecule has 0 spiro atoms. The Morgan fingerprint density at radius 2 is 1.88 bits per heavy atom. The van der Waals surface area contributed by atoms with Crippen molar-refractivity contribution in [1.82, 2.24) is 4.98 Å². The Bertz CT molecular complexity index is 747. The van der Waals surface area contributed by atoms with Gasteiger partial charge in [-0.3, -0.25) is 4.79 Å². The summed E-state index contributed by atoms with van der Waals surface area (Å²) in [6.07, 6.45) is 0.890. The van der Waals surface area contributed by atoms with Gasteiger partial charge in [-0.2, -0.15) is 0 Å². The van der Waals surface area contributed by atoms with Crippen molar-refractivity contribution in [3.63, 3.8) is 0 Å². The lowest BCUT2D eigenvalue weighted by atomic mass is 10.1. The van der Waals surface area contributed by atoms with Crippen molar-refractivity contribution in [3.8, 4) is 0 Å². The van der Waals surface area contributed by atoms with Crippen molar-refractivity contribution in [2.24, 2.45) is 0 Å². The number of H-pyrrole nitrogens is 1. The lowest BCUT2D eigenvalue weighted by Gasteiger charge is -2.08. The molecule has 0 atom stereocenters. The van der Waals surface area contributed by atoms with Gasteiger partial charge >= 0.3 is 5.97 Å². The van der Waals surface area contributed by atoms with Crippen molar-refractivity contribution in [2.75, 3.05) is 11.9 Å². The zero-order valence-corrected chi connectivity index (χ0v) is 14.7. The first kappa shape index (κ1) is 17.8. The largest absolute Gasteiger partial charge is 0.462 e.